The molecule has 3 heterocycles. The van der Waals surface area contributed by atoms with E-state index in [2.05, 4.69) is 61.6 Å². The second-order valence-electron chi connectivity index (χ2n) is 7.73. The van der Waals surface area contributed by atoms with Crippen molar-refractivity contribution >= 4 is 40.8 Å². The van der Waals surface area contributed by atoms with Crippen LogP contribution in [0.15, 0.2) is 40.0 Å². The summed E-state index contributed by atoms with van der Waals surface area (Å²) in [6.45, 7) is 9.70. The van der Waals surface area contributed by atoms with Gasteiger partial charge in [-0.15, -0.1) is 24.0 Å². The minimum absolute atomic E-state index is 0. The highest BCUT2D eigenvalue weighted by molar-refractivity contribution is 14.0. The SMILES string of the molecule is CN=C(NCCc1c[nH]c2c(C)cccc12)N1CCN(Cc2cc(C)on2)CC1.I. The number of hydrogen-bond donors (Lipinski definition) is 2. The molecule has 1 fully saturated rings. The van der Waals surface area contributed by atoms with Crippen LogP contribution in [0.1, 0.15) is 22.6 Å². The second-order valence-corrected chi connectivity index (χ2v) is 7.73. The third kappa shape index (κ3) is 5.15. The van der Waals surface area contributed by atoms with Crippen LogP contribution in [0.3, 0.4) is 0 Å². The average Bonchev–Trinajstić information content (AvgIpc) is 3.33. The highest BCUT2D eigenvalue weighted by Crippen LogP contribution is 2.21. The van der Waals surface area contributed by atoms with Crippen LogP contribution in [0.5, 0.6) is 0 Å². The Morgan fingerprint density at radius 2 is 2.03 bits per heavy atom. The molecule has 30 heavy (non-hydrogen) atoms. The number of aromatic nitrogens is 2. The lowest BCUT2D eigenvalue weighted by Gasteiger charge is -2.36. The molecule has 0 unspecified atom stereocenters. The molecule has 0 bridgehead atoms. The number of guanidine groups is 1. The number of fused-ring (bicyclic) bond motifs is 1. The molecule has 0 aliphatic carbocycles. The van der Waals surface area contributed by atoms with Crippen LogP contribution in [0, 0.1) is 13.8 Å². The van der Waals surface area contributed by atoms with Crippen molar-refractivity contribution in [3.8, 4) is 0 Å². The molecule has 7 nitrogen and oxygen atoms in total. The third-order valence-corrected chi connectivity index (χ3v) is 5.63. The fourth-order valence-electron chi connectivity index (χ4n) is 4.05. The molecule has 0 atom stereocenters. The highest BCUT2D eigenvalue weighted by Gasteiger charge is 2.20. The van der Waals surface area contributed by atoms with Crippen molar-refractivity contribution in [3.05, 3.63) is 53.0 Å². The maximum Gasteiger partial charge on any atom is 0.193 e. The molecule has 0 amide bonds. The van der Waals surface area contributed by atoms with Crippen LogP contribution < -0.4 is 5.32 Å². The Morgan fingerprint density at radius 3 is 2.73 bits per heavy atom. The second kappa shape index (κ2) is 10.3. The van der Waals surface area contributed by atoms with E-state index < -0.39 is 0 Å². The van der Waals surface area contributed by atoms with Gasteiger partial charge in [-0.3, -0.25) is 9.89 Å². The fourth-order valence-corrected chi connectivity index (χ4v) is 4.05. The summed E-state index contributed by atoms with van der Waals surface area (Å²) in [5.41, 5.74) is 4.88. The largest absolute Gasteiger partial charge is 0.361 e. The summed E-state index contributed by atoms with van der Waals surface area (Å²) in [6.07, 6.45) is 3.10. The molecular formula is C22H31IN6O. The van der Waals surface area contributed by atoms with Gasteiger partial charge in [-0.25, -0.2) is 0 Å². The standard InChI is InChI=1S/C22H30N6O.HI/c1-16-5-4-6-20-18(14-25-21(16)20)7-8-24-22(23-3)28-11-9-27(10-12-28)15-19-13-17(2)29-26-19;/h4-6,13-14,25H,7-12,15H2,1-3H3,(H,23,24);1H. The van der Waals surface area contributed by atoms with Crippen molar-refractivity contribution in [3.63, 3.8) is 0 Å². The predicted molar refractivity (Wildman–Crippen MR) is 132 cm³/mol. The number of nitrogens with zero attached hydrogens (tertiary/aromatic N) is 4. The minimum atomic E-state index is 0. The molecule has 1 aliphatic rings. The number of aliphatic imine (C=N–C) groups is 1. The van der Waals surface area contributed by atoms with E-state index in [4.69, 9.17) is 4.52 Å². The molecule has 0 saturated carbocycles. The Balaban J connectivity index is 0.00000256. The summed E-state index contributed by atoms with van der Waals surface area (Å²) in [6, 6.07) is 8.48. The van der Waals surface area contributed by atoms with Gasteiger partial charge in [-0.1, -0.05) is 23.4 Å². The van der Waals surface area contributed by atoms with Crippen LogP contribution in [-0.4, -0.2) is 65.7 Å². The molecule has 1 saturated heterocycles. The smallest absolute Gasteiger partial charge is 0.193 e. The first-order valence-corrected chi connectivity index (χ1v) is 10.3. The Kier molecular flexibility index (Phi) is 7.76. The van der Waals surface area contributed by atoms with Gasteiger partial charge in [0.25, 0.3) is 0 Å². The lowest BCUT2D eigenvalue weighted by atomic mass is 10.1. The van der Waals surface area contributed by atoms with Crippen LogP contribution in [0.4, 0.5) is 0 Å². The molecule has 162 valence electrons. The number of rotatable bonds is 5. The van der Waals surface area contributed by atoms with E-state index >= 15 is 0 Å². The number of halogens is 1. The minimum Gasteiger partial charge on any atom is -0.361 e. The Morgan fingerprint density at radius 1 is 1.23 bits per heavy atom. The molecule has 3 aromatic rings. The lowest BCUT2D eigenvalue weighted by Crippen LogP contribution is -2.52. The normalized spacial score (nSPS) is 15.4. The Bertz CT molecular complexity index is 987. The van der Waals surface area contributed by atoms with E-state index in [1.807, 2.05) is 20.0 Å². The van der Waals surface area contributed by atoms with Gasteiger partial charge in [-0.05, 0) is 31.4 Å². The number of nitrogens with one attached hydrogen (secondary N) is 2. The van der Waals surface area contributed by atoms with Crippen LogP contribution in [0.25, 0.3) is 10.9 Å². The third-order valence-electron chi connectivity index (χ3n) is 5.63. The first-order valence-electron chi connectivity index (χ1n) is 10.3. The predicted octanol–water partition coefficient (Wildman–Crippen LogP) is 3.33. The zero-order valence-electron chi connectivity index (χ0n) is 17.9. The zero-order valence-corrected chi connectivity index (χ0v) is 20.3. The number of benzene rings is 1. The number of aryl methyl sites for hydroxylation is 2. The molecule has 1 aromatic carbocycles. The van der Waals surface area contributed by atoms with E-state index in [9.17, 15) is 0 Å². The van der Waals surface area contributed by atoms with Gasteiger partial charge < -0.3 is 19.7 Å². The molecule has 4 rings (SSSR count). The van der Waals surface area contributed by atoms with Crippen molar-refractivity contribution in [1.29, 1.82) is 0 Å². The maximum atomic E-state index is 5.17. The quantitative estimate of drug-likeness (QED) is 0.306. The number of hydrogen-bond acceptors (Lipinski definition) is 4. The van der Waals surface area contributed by atoms with Crippen LogP contribution in [0.2, 0.25) is 0 Å². The Labute approximate surface area is 194 Å². The fraction of sp³-hybridized carbons (Fsp3) is 0.455. The summed E-state index contributed by atoms with van der Waals surface area (Å²) in [4.78, 5) is 12.7. The summed E-state index contributed by atoms with van der Waals surface area (Å²) in [7, 11) is 1.86. The molecule has 1 aliphatic heterocycles. The van der Waals surface area contributed by atoms with Crippen LogP contribution in [-0.2, 0) is 13.0 Å². The van der Waals surface area contributed by atoms with Gasteiger partial charge in [0.1, 0.15) is 5.76 Å². The van der Waals surface area contributed by atoms with Crippen molar-refractivity contribution in [1.82, 2.24) is 25.3 Å². The van der Waals surface area contributed by atoms with Crippen LogP contribution >= 0.6 is 24.0 Å². The highest BCUT2D eigenvalue weighted by atomic mass is 127. The van der Waals surface area contributed by atoms with Crippen molar-refractivity contribution in [2.75, 3.05) is 39.8 Å². The van der Waals surface area contributed by atoms with Gasteiger partial charge in [0.2, 0.25) is 0 Å². The Hall–Kier alpha value is -2.07. The summed E-state index contributed by atoms with van der Waals surface area (Å²) < 4.78 is 5.17. The molecule has 8 heteroatoms. The van der Waals surface area contributed by atoms with E-state index in [1.54, 1.807) is 0 Å². The average molecular weight is 522 g/mol. The first-order chi connectivity index (χ1) is 14.1. The number of piperazine rings is 1. The molecule has 0 radical (unpaired) electrons. The summed E-state index contributed by atoms with van der Waals surface area (Å²) in [5.74, 6) is 1.85. The molecular weight excluding hydrogens is 491 g/mol. The zero-order chi connectivity index (χ0) is 20.2. The van der Waals surface area contributed by atoms with E-state index in [-0.39, 0.29) is 24.0 Å². The van der Waals surface area contributed by atoms with Gasteiger partial charge in [-0.2, -0.15) is 0 Å². The molecule has 2 aromatic heterocycles. The maximum absolute atomic E-state index is 5.17. The van der Waals surface area contributed by atoms with Crippen molar-refractivity contribution in [2.24, 2.45) is 4.99 Å². The summed E-state index contributed by atoms with van der Waals surface area (Å²) >= 11 is 0. The summed E-state index contributed by atoms with van der Waals surface area (Å²) in [5, 5.41) is 8.96. The van der Waals surface area contributed by atoms with Crippen molar-refractivity contribution < 1.29 is 4.52 Å². The lowest BCUT2D eigenvalue weighted by molar-refractivity contribution is 0.169. The van der Waals surface area contributed by atoms with E-state index in [0.717, 1.165) is 63.1 Å². The first kappa shape index (κ1) is 22.6. The van der Waals surface area contributed by atoms with Gasteiger partial charge in [0.05, 0.1) is 5.69 Å². The van der Waals surface area contributed by atoms with E-state index in [1.165, 1.54) is 22.0 Å². The van der Waals surface area contributed by atoms with Gasteiger partial charge >= 0.3 is 0 Å². The topological polar surface area (TPSA) is 72.7 Å². The molecule has 0 spiro atoms. The monoisotopic (exact) mass is 522 g/mol. The number of para-hydroxylation sites is 1. The molecule has 2 N–H and O–H groups in total. The van der Waals surface area contributed by atoms with Crippen molar-refractivity contribution in [2.45, 2.75) is 26.8 Å². The number of aromatic amines is 1. The van der Waals surface area contributed by atoms with Gasteiger partial charge in [0, 0.05) is 69.5 Å². The van der Waals surface area contributed by atoms with E-state index in [0.29, 0.717) is 0 Å². The number of H-pyrrole nitrogens is 1. The van der Waals surface area contributed by atoms with Gasteiger partial charge in [0.15, 0.2) is 5.96 Å².